The molecule has 1 amide bonds. The van der Waals surface area contributed by atoms with Gasteiger partial charge >= 0.3 is 0 Å². The molecule has 122 valence electrons. The number of fused-ring (bicyclic) bond motifs is 1. The molecule has 0 unspecified atom stereocenters. The number of hydrogen-bond acceptors (Lipinski definition) is 3. The fourth-order valence-corrected chi connectivity index (χ4v) is 3.27. The van der Waals surface area contributed by atoms with Crippen LogP contribution in [0.4, 0.5) is 0 Å². The second kappa shape index (κ2) is 7.18. The molecule has 2 aliphatic carbocycles. The molecule has 1 aromatic rings. The zero-order chi connectivity index (χ0) is 16.2. The Labute approximate surface area is 141 Å². The normalized spacial score (nSPS) is 23.5. The largest absolute Gasteiger partial charge is 0.493 e. The van der Waals surface area contributed by atoms with E-state index in [-0.39, 0.29) is 5.91 Å². The number of carbonyl (C=O) groups is 1. The van der Waals surface area contributed by atoms with Crippen LogP contribution in [0.2, 0.25) is 5.02 Å². The maximum absolute atomic E-state index is 11.8. The summed E-state index contributed by atoms with van der Waals surface area (Å²) in [6.45, 7) is 2.45. The highest BCUT2D eigenvalue weighted by Crippen LogP contribution is 2.40. The fourth-order valence-electron chi connectivity index (χ4n) is 3.04. The average molecular weight is 333 g/mol. The van der Waals surface area contributed by atoms with Gasteiger partial charge in [0.25, 0.3) is 0 Å². The molecule has 0 aromatic heterocycles. The maximum atomic E-state index is 11.8. The third-order valence-corrected chi connectivity index (χ3v) is 4.66. The predicted octanol–water partition coefficient (Wildman–Crippen LogP) is 3.88. The molecule has 5 heteroatoms. The lowest BCUT2D eigenvalue weighted by Crippen LogP contribution is -2.35. The van der Waals surface area contributed by atoms with Crippen molar-refractivity contribution in [2.45, 2.75) is 32.6 Å². The molecule has 4 nitrogen and oxygen atoms in total. The lowest BCUT2D eigenvalue weighted by atomic mass is 9.74. The minimum atomic E-state index is -0.0525. The number of allylic oxidation sites excluding steroid dienone is 2. The van der Waals surface area contributed by atoms with Crippen LogP contribution in [0.1, 0.15) is 31.2 Å². The molecule has 1 aromatic carbocycles. The number of halogens is 1. The van der Waals surface area contributed by atoms with Crippen LogP contribution in [0.25, 0.3) is 0 Å². The van der Waals surface area contributed by atoms with Crippen LogP contribution in [-0.2, 0) is 4.79 Å². The first-order valence-corrected chi connectivity index (χ1v) is 8.42. The molecule has 0 heterocycles. The van der Waals surface area contributed by atoms with Crippen molar-refractivity contribution >= 4 is 23.2 Å². The van der Waals surface area contributed by atoms with E-state index in [1.807, 2.05) is 19.1 Å². The minimum absolute atomic E-state index is 0.0525. The highest BCUT2D eigenvalue weighted by Gasteiger charge is 2.37. The molecule has 2 atom stereocenters. The van der Waals surface area contributed by atoms with Gasteiger partial charge in [-0.2, -0.15) is 5.10 Å². The standard InChI is InChI=1S/C18H21ClN2O2/c1-12-10-14(19)7-8-17(12)23-9-3-6-18(22)21-20-16-11-13-4-2-5-15(13)16/h2,4,7-8,10,13,15H,3,5-6,9,11H2,1H3,(H,21,22)/b20-16-/t13-,15-/m0/s1. The van der Waals surface area contributed by atoms with Crippen molar-refractivity contribution in [2.75, 3.05) is 6.61 Å². The monoisotopic (exact) mass is 332 g/mol. The van der Waals surface area contributed by atoms with Gasteiger partial charge in [-0.25, -0.2) is 5.43 Å². The van der Waals surface area contributed by atoms with Crippen molar-refractivity contribution in [3.8, 4) is 5.75 Å². The molecule has 0 radical (unpaired) electrons. The molecule has 0 aliphatic heterocycles. The van der Waals surface area contributed by atoms with E-state index in [2.05, 4.69) is 22.7 Å². The van der Waals surface area contributed by atoms with Gasteiger partial charge in [0.15, 0.2) is 0 Å². The van der Waals surface area contributed by atoms with Gasteiger partial charge in [-0.15, -0.1) is 0 Å². The van der Waals surface area contributed by atoms with Gasteiger partial charge in [0.2, 0.25) is 5.91 Å². The fraction of sp³-hybridized carbons (Fsp3) is 0.444. The predicted molar refractivity (Wildman–Crippen MR) is 91.8 cm³/mol. The number of ether oxygens (including phenoxy) is 1. The number of benzene rings is 1. The van der Waals surface area contributed by atoms with E-state index in [0.717, 1.165) is 29.9 Å². The summed E-state index contributed by atoms with van der Waals surface area (Å²) in [5.74, 6) is 1.95. The van der Waals surface area contributed by atoms with Gasteiger partial charge in [0.05, 0.1) is 6.61 Å². The van der Waals surface area contributed by atoms with E-state index in [1.165, 1.54) is 0 Å². The summed E-state index contributed by atoms with van der Waals surface area (Å²) in [5.41, 5.74) is 4.79. The van der Waals surface area contributed by atoms with Gasteiger partial charge in [-0.1, -0.05) is 23.8 Å². The van der Waals surface area contributed by atoms with Crippen LogP contribution in [0, 0.1) is 18.8 Å². The molecule has 1 fully saturated rings. The smallest absolute Gasteiger partial charge is 0.240 e. The van der Waals surface area contributed by atoms with E-state index < -0.39 is 0 Å². The Morgan fingerprint density at radius 2 is 2.35 bits per heavy atom. The highest BCUT2D eigenvalue weighted by atomic mass is 35.5. The second-order valence-electron chi connectivity index (χ2n) is 6.14. The third kappa shape index (κ3) is 3.94. The van der Waals surface area contributed by atoms with Crippen molar-refractivity contribution in [1.82, 2.24) is 5.43 Å². The Morgan fingerprint density at radius 1 is 1.48 bits per heavy atom. The number of hydrazone groups is 1. The van der Waals surface area contributed by atoms with Crippen LogP contribution in [0.15, 0.2) is 35.5 Å². The Hall–Kier alpha value is -1.81. The molecule has 0 spiro atoms. The van der Waals surface area contributed by atoms with Crippen molar-refractivity contribution in [3.05, 3.63) is 40.9 Å². The lowest BCUT2D eigenvalue weighted by Gasteiger charge is -2.31. The van der Waals surface area contributed by atoms with Crippen LogP contribution in [0.5, 0.6) is 5.75 Å². The van der Waals surface area contributed by atoms with Gasteiger partial charge in [0, 0.05) is 23.1 Å². The number of nitrogens with one attached hydrogen (secondary N) is 1. The molecule has 0 saturated heterocycles. The van der Waals surface area contributed by atoms with E-state index in [0.29, 0.717) is 36.3 Å². The number of nitrogens with zero attached hydrogens (tertiary/aromatic N) is 1. The molecule has 0 bridgehead atoms. The van der Waals surface area contributed by atoms with Crippen LogP contribution in [0.3, 0.4) is 0 Å². The number of aryl methyl sites for hydroxylation is 1. The zero-order valence-corrected chi connectivity index (χ0v) is 14.0. The maximum Gasteiger partial charge on any atom is 0.240 e. The van der Waals surface area contributed by atoms with Crippen LogP contribution < -0.4 is 10.2 Å². The van der Waals surface area contributed by atoms with Crippen molar-refractivity contribution in [3.63, 3.8) is 0 Å². The Kier molecular flexibility index (Phi) is 5.01. The van der Waals surface area contributed by atoms with Crippen molar-refractivity contribution in [2.24, 2.45) is 16.9 Å². The highest BCUT2D eigenvalue weighted by molar-refractivity contribution is 6.30. The van der Waals surface area contributed by atoms with Gasteiger partial charge in [0.1, 0.15) is 5.75 Å². The summed E-state index contributed by atoms with van der Waals surface area (Å²) in [6.07, 6.45) is 7.58. The number of carbonyl (C=O) groups excluding carboxylic acids is 1. The average Bonchev–Trinajstić information content (AvgIpc) is 2.87. The SMILES string of the molecule is Cc1cc(Cl)ccc1OCCCC(=O)N/N=C1/C[C@@H]2C=CC[C@H]12. The van der Waals surface area contributed by atoms with Crippen molar-refractivity contribution < 1.29 is 9.53 Å². The third-order valence-electron chi connectivity index (χ3n) is 4.43. The summed E-state index contributed by atoms with van der Waals surface area (Å²) in [4.78, 5) is 11.8. The van der Waals surface area contributed by atoms with Gasteiger partial charge in [-0.3, -0.25) is 4.79 Å². The topological polar surface area (TPSA) is 50.7 Å². The zero-order valence-electron chi connectivity index (χ0n) is 13.2. The minimum Gasteiger partial charge on any atom is -0.493 e. The molecule has 1 saturated carbocycles. The summed E-state index contributed by atoms with van der Waals surface area (Å²) in [6, 6.07) is 5.52. The van der Waals surface area contributed by atoms with Crippen LogP contribution >= 0.6 is 11.6 Å². The first-order chi connectivity index (χ1) is 11.1. The van der Waals surface area contributed by atoms with E-state index in [1.54, 1.807) is 6.07 Å². The summed E-state index contributed by atoms with van der Waals surface area (Å²) in [7, 11) is 0. The van der Waals surface area contributed by atoms with E-state index in [4.69, 9.17) is 16.3 Å². The first kappa shape index (κ1) is 16.1. The van der Waals surface area contributed by atoms with Gasteiger partial charge < -0.3 is 4.74 Å². The Morgan fingerprint density at radius 3 is 3.13 bits per heavy atom. The first-order valence-electron chi connectivity index (χ1n) is 8.04. The molecular weight excluding hydrogens is 312 g/mol. The summed E-state index contributed by atoms with van der Waals surface area (Å²) >= 11 is 5.91. The lowest BCUT2D eigenvalue weighted by molar-refractivity contribution is -0.121. The number of hydrogen-bond donors (Lipinski definition) is 1. The quantitative estimate of drug-likeness (QED) is 0.488. The van der Waals surface area contributed by atoms with Crippen molar-refractivity contribution in [1.29, 1.82) is 0 Å². The molecule has 23 heavy (non-hydrogen) atoms. The molecule has 2 aliphatic rings. The Bertz CT molecular complexity index is 654. The Balaban J connectivity index is 1.34. The molecular formula is C18H21ClN2O2. The summed E-state index contributed by atoms with van der Waals surface area (Å²) in [5, 5.41) is 4.95. The van der Waals surface area contributed by atoms with E-state index in [9.17, 15) is 4.79 Å². The van der Waals surface area contributed by atoms with Crippen LogP contribution in [-0.4, -0.2) is 18.2 Å². The van der Waals surface area contributed by atoms with Gasteiger partial charge in [-0.05, 0) is 55.9 Å². The molecule has 3 rings (SSSR count). The van der Waals surface area contributed by atoms with E-state index >= 15 is 0 Å². The number of amides is 1. The molecule has 1 N–H and O–H groups in total. The summed E-state index contributed by atoms with van der Waals surface area (Å²) < 4.78 is 5.67. The second-order valence-corrected chi connectivity index (χ2v) is 6.57. The number of rotatable bonds is 6.